The predicted octanol–water partition coefficient (Wildman–Crippen LogP) is 2.49. The van der Waals surface area contributed by atoms with Crippen LogP contribution in [0, 0.1) is 18.3 Å². The molecule has 1 unspecified atom stereocenters. The van der Waals surface area contributed by atoms with Gasteiger partial charge in [-0.3, -0.25) is 0 Å². The van der Waals surface area contributed by atoms with E-state index in [1.807, 2.05) is 0 Å². The van der Waals surface area contributed by atoms with Gasteiger partial charge in [-0.25, -0.2) is 0 Å². The first-order valence-electron chi connectivity index (χ1n) is 4.46. The number of halogens is 3. The maximum absolute atomic E-state index is 12.7. The van der Waals surface area contributed by atoms with Crippen molar-refractivity contribution in [3.63, 3.8) is 0 Å². The molecule has 2 nitrogen and oxygen atoms in total. The van der Waals surface area contributed by atoms with Gasteiger partial charge in [0.1, 0.15) is 0 Å². The number of nitriles is 1. The molecule has 1 radical (unpaired) electrons. The number of alkyl halides is 3. The molecule has 0 saturated heterocycles. The molecule has 0 amide bonds. The Morgan fingerprint density at radius 2 is 2.06 bits per heavy atom. The van der Waals surface area contributed by atoms with Crippen LogP contribution < -0.4 is 0 Å². The largest absolute Gasteiger partial charge is 0.417 e. The van der Waals surface area contributed by atoms with Crippen LogP contribution in [-0.4, -0.2) is 11.7 Å². The van der Waals surface area contributed by atoms with Crippen LogP contribution in [0.2, 0.25) is 0 Å². The van der Waals surface area contributed by atoms with Gasteiger partial charge in [0.15, 0.2) is 0 Å². The first kappa shape index (κ1) is 12.5. The minimum atomic E-state index is -4.62. The summed E-state index contributed by atoms with van der Waals surface area (Å²) in [6, 6.07) is 5.15. The highest BCUT2D eigenvalue weighted by Gasteiger charge is 2.37. The van der Waals surface area contributed by atoms with Gasteiger partial charge in [-0.15, -0.1) is 0 Å². The molecule has 5 heteroatoms. The highest BCUT2D eigenvalue weighted by molar-refractivity contribution is 5.46. The molecule has 16 heavy (non-hydrogen) atoms. The molecule has 0 fully saturated rings. The van der Waals surface area contributed by atoms with Crippen LogP contribution in [0.3, 0.4) is 0 Å². The second-order valence-corrected chi connectivity index (χ2v) is 3.26. The van der Waals surface area contributed by atoms with Gasteiger partial charge in [0.2, 0.25) is 0 Å². The van der Waals surface area contributed by atoms with Crippen LogP contribution in [-0.2, 0) is 6.18 Å². The summed E-state index contributed by atoms with van der Waals surface area (Å²) in [6.07, 6.45) is -4.62. The second-order valence-electron chi connectivity index (χ2n) is 3.26. The fourth-order valence-corrected chi connectivity index (χ4v) is 1.42. The van der Waals surface area contributed by atoms with E-state index in [2.05, 4.69) is 6.92 Å². The van der Waals surface area contributed by atoms with E-state index in [9.17, 15) is 13.2 Å². The van der Waals surface area contributed by atoms with Gasteiger partial charge in [-0.05, 0) is 18.6 Å². The van der Waals surface area contributed by atoms with Crippen LogP contribution >= 0.6 is 0 Å². The molecule has 1 aromatic carbocycles. The molecule has 1 aromatic rings. The zero-order valence-corrected chi connectivity index (χ0v) is 8.25. The van der Waals surface area contributed by atoms with Gasteiger partial charge in [-0.1, -0.05) is 12.1 Å². The summed E-state index contributed by atoms with van der Waals surface area (Å²) in [4.78, 5) is 0. The molecule has 0 aliphatic carbocycles. The first-order chi connectivity index (χ1) is 7.41. The Kier molecular flexibility index (Phi) is 3.55. The number of rotatable bonds is 2. The first-order valence-corrected chi connectivity index (χ1v) is 4.46. The third-order valence-corrected chi connectivity index (χ3v) is 2.16. The highest BCUT2D eigenvalue weighted by Crippen LogP contribution is 2.37. The third kappa shape index (κ3) is 2.34. The normalized spacial score (nSPS) is 13.2. The van der Waals surface area contributed by atoms with E-state index >= 15 is 0 Å². The fourth-order valence-electron chi connectivity index (χ4n) is 1.42. The summed E-state index contributed by atoms with van der Waals surface area (Å²) in [5, 5.41) is 17.5. The molecule has 0 bridgehead atoms. The Hall–Kier alpha value is -1.54. The average molecular weight is 228 g/mol. The summed E-state index contributed by atoms with van der Waals surface area (Å²) in [5.74, 6) is -0.898. The smallest absolute Gasteiger partial charge is 0.396 e. The van der Waals surface area contributed by atoms with Gasteiger partial charge in [0.25, 0.3) is 0 Å². The van der Waals surface area contributed by atoms with Crippen molar-refractivity contribution in [2.75, 3.05) is 6.61 Å². The number of hydrogen-bond acceptors (Lipinski definition) is 2. The SMILES string of the molecule is [CH2]C(CO)c1cccc(C#N)c1C(F)(F)F. The lowest BCUT2D eigenvalue weighted by Gasteiger charge is -2.17. The summed E-state index contributed by atoms with van der Waals surface area (Å²) in [5.41, 5.74) is -1.62. The van der Waals surface area contributed by atoms with Crippen LogP contribution in [0.1, 0.15) is 22.6 Å². The summed E-state index contributed by atoms with van der Waals surface area (Å²) < 4.78 is 38.2. The van der Waals surface area contributed by atoms with Gasteiger partial charge < -0.3 is 5.11 Å². The molecular formula is C11H9F3NO. The Bertz CT molecular complexity index is 420. The molecule has 0 spiro atoms. The molecule has 1 atom stereocenters. The number of hydrogen-bond donors (Lipinski definition) is 1. The summed E-state index contributed by atoms with van der Waals surface area (Å²) in [7, 11) is 0. The highest BCUT2D eigenvalue weighted by atomic mass is 19.4. The Balaban J connectivity index is 3.46. The molecule has 0 heterocycles. The lowest BCUT2D eigenvalue weighted by Crippen LogP contribution is -2.15. The quantitative estimate of drug-likeness (QED) is 0.845. The Labute approximate surface area is 90.9 Å². The van der Waals surface area contributed by atoms with Crippen molar-refractivity contribution in [3.05, 3.63) is 41.8 Å². The molecule has 0 aliphatic rings. The standard InChI is InChI=1S/C11H9F3NO/c1-7(6-16)9-4-2-3-8(5-15)10(9)11(12,13)14/h2-4,7,16H,1,6H2. The van der Waals surface area contributed by atoms with E-state index in [0.717, 1.165) is 6.07 Å². The lowest BCUT2D eigenvalue weighted by atomic mass is 9.92. The fraction of sp³-hybridized carbons (Fsp3) is 0.273. The monoisotopic (exact) mass is 228 g/mol. The number of nitrogens with zero attached hydrogens (tertiary/aromatic N) is 1. The molecular weight excluding hydrogens is 219 g/mol. The Morgan fingerprint density at radius 1 is 1.44 bits per heavy atom. The van der Waals surface area contributed by atoms with E-state index < -0.39 is 29.8 Å². The molecule has 85 valence electrons. The van der Waals surface area contributed by atoms with Crippen molar-refractivity contribution >= 4 is 0 Å². The van der Waals surface area contributed by atoms with Crippen LogP contribution in [0.5, 0.6) is 0 Å². The maximum Gasteiger partial charge on any atom is 0.417 e. The van der Waals surface area contributed by atoms with Crippen molar-refractivity contribution < 1.29 is 18.3 Å². The maximum atomic E-state index is 12.7. The average Bonchev–Trinajstić information content (AvgIpc) is 2.25. The summed E-state index contributed by atoms with van der Waals surface area (Å²) >= 11 is 0. The van der Waals surface area contributed by atoms with E-state index in [4.69, 9.17) is 10.4 Å². The zero-order chi connectivity index (χ0) is 12.3. The van der Waals surface area contributed by atoms with Crippen molar-refractivity contribution in [2.24, 2.45) is 0 Å². The van der Waals surface area contributed by atoms with E-state index in [1.165, 1.54) is 18.2 Å². The van der Waals surface area contributed by atoms with E-state index in [1.54, 1.807) is 0 Å². The van der Waals surface area contributed by atoms with Crippen molar-refractivity contribution in [1.29, 1.82) is 5.26 Å². The molecule has 0 saturated carbocycles. The Morgan fingerprint density at radius 3 is 2.50 bits per heavy atom. The molecule has 1 N–H and O–H groups in total. The number of aliphatic hydroxyl groups excluding tert-OH is 1. The number of aliphatic hydroxyl groups is 1. The van der Waals surface area contributed by atoms with Crippen LogP contribution in [0.25, 0.3) is 0 Å². The lowest BCUT2D eigenvalue weighted by molar-refractivity contribution is -0.138. The number of benzene rings is 1. The van der Waals surface area contributed by atoms with Crippen molar-refractivity contribution in [1.82, 2.24) is 0 Å². The van der Waals surface area contributed by atoms with Gasteiger partial charge in [-0.2, -0.15) is 18.4 Å². The van der Waals surface area contributed by atoms with Crippen molar-refractivity contribution in [3.8, 4) is 6.07 Å². The van der Waals surface area contributed by atoms with Crippen LogP contribution in [0.15, 0.2) is 18.2 Å². The third-order valence-electron chi connectivity index (χ3n) is 2.16. The summed E-state index contributed by atoms with van der Waals surface area (Å²) in [6.45, 7) is 2.91. The molecule has 0 aromatic heterocycles. The predicted molar refractivity (Wildman–Crippen MR) is 51.3 cm³/mol. The minimum absolute atomic E-state index is 0.158. The van der Waals surface area contributed by atoms with Gasteiger partial charge in [0.05, 0.1) is 17.2 Å². The minimum Gasteiger partial charge on any atom is -0.396 e. The van der Waals surface area contributed by atoms with E-state index in [0.29, 0.717) is 0 Å². The van der Waals surface area contributed by atoms with Gasteiger partial charge >= 0.3 is 6.18 Å². The zero-order valence-electron chi connectivity index (χ0n) is 8.25. The second kappa shape index (κ2) is 4.54. The molecule has 1 rings (SSSR count). The molecule has 0 aliphatic heterocycles. The topological polar surface area (TPSA) is 44.0 Å². The van der Waals surface area contributed by atoms with Crippen molar-refractivity contribution in [2.45, 2.75) is 12.1 Å². The van der Waals surface area contributed by atoms with Crippen LogP contribution in [0.4, 0.5) is 13.2 Å². The van der Waals surface area contributed by atoms with E-state index in [-0.39, 0.29) is 5.56 Å². The van der Waals surface area contributed by atoms with Gasteiger partial charge in [0, 0.05) is 12.5 Å².